The maximum atomic E-state index is 13.8. The molecule has 6 rings (SSSR count). The predicted molar refractivity (Wildman–Crippen MR) is 163 cm³/mol. The number of thiazole rings is 1. The Kier molecular flexibility index (Phi) is 7.66. The van der Waals surface area contributed by atoms with Crippen LogP contribution in [0.1, 0.15) is 53.2 Å². The van der Waals surface area contributed by atoms with Crippen LogP contribution in [0.4, 0.5) is 0 Å². The molecule has 0 spiro atoms. The van der Waals surface area contributed by atoms with Crippen LogP contribution in [0, 0.1) is 0 Å². The van der Waals surface area contributed by atoms with Crippen molar-refractivity contribution in [3.8, 4) is 11.1 Å². The number of carbonyl (C=O) groups is 3. The second-order valence-corrected chi connectivity index (χ2v) is 14.6. The summed E-state index contributed by atoms with van der Waals surface area (Å²) < 4.78 is 28.2. The lowest BCUT2D eigenvalue weighted by Crippen LogP contribution is -2.61. The molecule has 1 saturated carbocycles. The molecule has 9 nitrogen and oxygen atoms in total. The molecule has 2 amide bonds. The summed E-state index contributed by atoms with van der Waals surface area (Å²) in [7, 11) is -4.13. The zero-order valence-electron chi connectivity index (χ0n) is 23.5. The molecule has 1 aliphatic carbocycles. The van der Waals surface area contributed by atoms with Gasteiger partial charge in [0.25, 0.3) is 5.91 Å². The van der Waals surface area contributed by atoms with Crippen molar-refractivity contribution >= 4 is 49.0 Å². The molecule has 2 N–H and O–H groups in total. The molecule has 1 unspecified atom stereocenters. The van der Waals surface area contributed by atoms with Gasteiger partial charge in [0.05, 0.1) is 33.8 Å². The molecule has 4 aromatic rings. The topological polar surface area (TPSA) is 134 Å². The summed E-state index contributed by atoms with van der Waals surface area (Å²) in [5, 5.41) is 11.4. The summed E-state index contributed by atoms with van der Waals surface area (Å²) in [5.41, 5.74) is 1.95. The molecule has 1 aromatic heterocycles. The van der Waals surface area contributed by atoms with Gasteiger partial charge in [0.15, 0.2) is 20.9 Å². The molecule has 222 valence electrons. The van der Waals surface area contributed by atoms with Crippen molar-refractivity contribution in [1.29, 1.82) is 0 Å². The average molecular weight is 618 g/mol. The number of amides is 2. The summed E-state index contributed by atoms with van der Waals surface area (Å²) in [4.78, 5) is 44.6. The van der Waals surface area contributed by atoms with Crippen LogP contribution in [0.25, 0.3) is 21.3 Å². The number of aliphatic hydroxyl groups is 1. The smallest absolute Gasteiger partial charge is 0.254 e. The maximum Gasteiger partial charge on any atom is 0.254 e. The Bertz CT molecular complexity index is 1800. The lowest BCUT2D eigenvalue weighted by Gasteiger charge is -2.44. The zero-order valence-corrected chi connectivity index (χ0v) is 25.2. The second kappa shape index (κ2) is 11.3. The summed E-state index contributed by atoms with van der Waals surface area (Å²) in [6.07, 6.45) is 1.55. The Hall–Kier alpha value is -3.93. The highest BCUT2D eigenvalue weighted by Gasteiger charge is 2.40. The SMILES string of the molecule is CC1(O)CN(C(=O)c2ccc(-c3ccc4nc(C(C(=O)CCC(=O)NC5CC5)S(=O)(=O)c5ccccc5)sc4c3)cc2)C1. The third-order valence-electron chi connectivity index (χ3n) is 7.66. The van der Waals surface area contributed by atoms with E-state index in [0.29, 0.717) is 28.9 Å². The van der Waals surface area contributed by atoms with Crippen molar-refractivity contribution in [3.63, 3.8) is 0 Å². The molecule has 1 aliphatic heterocycles. The minimum Gasteiger partial charge on any atom is -0.386 e. The van der Waals surface area contributed by atoms with E-state index in [-0.39, 0.29) is 40.6 Å². The normalized spacial score (nSPS) is 16.8. The standard InChI is InChI=1S/C32H31N3O6S2/c1-32(39)18-35(19-32)31(38)21-9-7-20(8-10-21)22-11-14-25-27(17-22)42-30(34-25)29(43(40,41)24-5-3-2-4-6-24)26(36)15-16-28(37)33-23-12-13-23/h2-11,14,17,23,29,39H,12-13,15-16,18-19H2,1H3,(H,33,37). The van der Waals surface area contributed by atoms with Gasteiger partial charge in [-0.1, -0.05) is 36.4 Å². The molecular weight excluding hydrogens is 587 g/mol. The Morgan fingerprint density at radius 1 is 1.00 bits per heavy atom. The fourth-order valence-electron chi connectivity index (χ4n) is 5.23. The quantitative estimate of drug-likeness (QED) is 0.271. The van der Waals surface area contributed by atoms with E-state index in [0.717, 1.165) is 35.3 Å². The van der Waals surface area contributed by atoms with E-state index in [1.807, 2.05) is 24.3 Å². The fourth-order valence-corrected chi connectivity index (χ4v) is 8.35. The number of nitrogens with zero attached hydrogens (tertiary/aromatic N) is 2. The number of carbonyl (C=O) groups excluding carboxylic acids is 3. The van der Waals surface area contributed by atoms with Gasteiger partial charge in [-0.3, -0.25) is 14.4 Å². The van der Waals surface area contributed by atoms with E-state index in [9.17, 15) is 27.9 Å². The summed E-state index contributed by atoms with van der Waals surface area (Å²) in [6, 6.07) is 20.7. The van der Waals surface area contributed by atoms with E-state index >= 15 is 0 Å². The van der Waals surface area contributed by atoms with Gasteiger partial charge in [-0.05, 0) is 67.3 Å². The largest absolute Gasteiger partial charge is 0.386 e. The molecule has 1 saturated heterocycles. The van der Waals surface area contributed by atoms with Crippen LogP contribution in [0.15, 0.2) is 77.7 Å². The van der Waals surface area contributed by atoms with E-state index < -0.39 is 26.5 Å². The molecular formula is C32H31N3O6S2. The van der Waals surface area contributed by atoms with Gasteiger partial charge in [-0.25, -0.2) is 13.4 Å². The van der Waals surface area contributed by atoms with Crippen molar-refractivity contribution in [2.45, 2.75) is 54.4 Å². The molecule has 2 fully saturated rings. The molecule has 11 heteroatoms. The number of hydrogen-bond donors (Lipinski definition) is 2. The van der Waals surface area contributed by atoms with Crippen molar-refractivity contribution in [1.82, 2.24) is 15.2 Å². The van der Waals surface area contributed by atoms with E-state index in [4.69, 9.17) is 0 Å². The van der Waals surface area contributed by atoms with Gasteiger partial charge >= 0.3 is 0 Å². The van der Waals surface area contributed by atoms with Gasteiger partial charge in [0.1, 0.15) is 5.01 Å². The number of ketones is 1. The minimum absolute atomic E-state index is 0.0206. The first-order chi connectivity index (χ1) is 20.5. The first kappa shape index (κ1) is 29.2. The van der Waals surface area contributed by atoms with Gasteiger partial charge < -0.3 is 15.3 Å². The number of hydrogen-bond acceptors (Lipinski definition) is 8. The number of nitrogens with one attached hydrogen (secondary N) is 1. The molecule has 43 heavy (non-hydrogen) atoms. The van der Waals surface area contributed by atoms with E-state index in [2.05, 4.69) is 10.3 Å². The molecule has 2 heterocycles. The Balaban J connectivity index is 1.26. The fraction of sp³-hybridized carbons (Fsp3) is 0.312. The Labute approximate surface area is 253 Å². The lowest BCUT2D eigenvalue weighted by molar-refractivity contribution is -0.125. The highest BCUT2D eigenvalue weighted by molar-refractivity contribution is 7.92. The van der Waals surface area contributed by atoms with Crippen molar-refractivity contribution in [3.05, 3.63) is 83.4 Å². The van der Waals surface area contributed by atoms with Crippen molar-refractivity contribution in [2.24, 2.45) is 0 Å². The summed E-state index contributed by atoms with van der Waals surface area (Å²) in [6.45, 7) is 2.30. The van der Waals surface area contributed by atoms with Crippen LogP contribution in [0.5, 0.6) is 0 Å². The predicted octanol–water partition coefficient (Wildman–Crippen LogP) is 4.31. The second-order valence-electron chi connectivity index (χ2n) is 11.5. The maximum absolute atomic E-state index is 13.8. The van der Waals surface area contributed by atoms with Crippen LogP contribution in [0.3, 0.4) is 0 Å². The van der Waals surface area contributed by atoms with Crippen molar-refractivity contribution in [2.75, 3.05) is 13.1 Å². The number of fused-ring (bicyclic) bond motifs is 1. The molecule has 2 aliphatic rings. The number of benzene rings is 3. The number of β-amino-alcohol motifs (C(OH)–C–C–N with tert-alkyl or cyclic N) is 1. The average Bonchev–Trinajstić information content (AvgIpc) is 3.70. The van der Waals surface area contributed by atoms with Gasteiger partial charge in [0.2, 0.25) is 5.91 Å². The Morgan fingerprint density at radius 3 is 2.33 bits per heavy atom. The third kappa shape index (κ3) is 6.24. The monoisotopic (exact) mass is 617 g/mol. The minimum atomic E-state index is -4.13. The summed E-state index contributed by atoms with van der Waals surface area (Å²) in [5.74, 6) is -0.968. The highest BCUT2D eigenvalue weighted by atomic mass is 32.2. The number of aromatic nitrogens is 1. The van der Waals surface area contributed by atoms with E-state index in [1.165, 1.54) is 12.1 Å². The lowest BCUT2D eigenvalue weighted by atomic mass is 9.95. The molecule has 0 radical (unpaired) electrons. The number of likely N-dealkylation sites (tertiary alicyclic amines) is 1. The van der Waals surface area contributed by atoms with Gasteiger partial charge in [0, 0.05) is 24.4 Å². The van der Waals surface area contributed by atoms with Gasteiger partial charge in [-0.2, -0.15) is 0 Å². The molecule has 3 aromatic carbocycles. The van der Waals surface area contributed by atoms with E-state index in [1.54, 1.807) is 48.2 Å². The summed E-state index contributed by atoms with van der Waals surface area (Å²) >= 11 is 1.15. The zero-order chi connectivity index (χ0) is 30.4. The molecule has 0 bridgehead atoms. The van der Waals surface area contributed by atoms with Gasteiger partial charge in [-0.15, -0.1) is 11.3 Å². The van der Waals surface area contributed by atoms with Crippen LogP contribution in [0.2, 0.25) is 0 Å². The first-order valence-corrected chi connectivity index (χ1v) is 16.5. The number of sulfone groups is 1. The highest BCUT2D eigenvalue weighted by Crippen LogP contribution is 2.37. The van der Waals surface area contributed by atoms with Crippen LogP contribution >= 0.6 is 11.3 Å². The number of Topliss-reactive ketones (excluding diaryl/α,β-unsaturated/α-hetero) is 1. The first-order valence-electron chi connectivity index (χ1n) is 14.1. The van der Waals surface area contributed by atoms with Crippen LogP contribution in [-0.4, -0.2) is 65.7 Å². The third-order valence-corrected chi connectivity index (χ3v) is 10.9. The molecule has 1 atom stereocenters. The Morgan fingerprint density at radius 2 is 1.67 bits per heavy atom. The van der Waals surface area contributed by atoms with Crippen LogP contribution < -0.4 is 5.32 Å². The number of rotatable bonds is 10. The van der Waals surface area contributed by atoms with Crippen molar-refractivity contribution < 1.29 is 27.9 Å². The van der Waals surface area contributed by atoms with Crippen LogP contribution in [-0.2, 0) is 19.4 Å².